The molecule has 0 saturated heterocycles. The highest BCUT2D eigenvalue weighted by Crippen LogP contribution is 2.29. The van der Waals surface area contributed by atoms with Crippen molar-refractivity contribution < 1.29 is 14.3 Å². The van der Waals surface area contributed by atoms with E-state index in [1.54, 1.807) is 37.4 Å². The number of methoxy groups -OCH3 is 2. The van der Waals surface area contributed by atoms with Gasteiger partial charge in [0, 0.05) is 9.13 Å². The van der Waals surface area contributed by atoms with Crippen molar-refractivity contribution in [1.82, 2.24) is 0 Å². The number of anilines is 1. The average Bonchev–Trinajstić information content (AvgIpc) is 2.49. The zero-order chi connectivity index (χ0) is 15.4. The quantitative estimate of drug-likeness (QED) is 0.758. The molecule has 2 aromatic rings. The fourth-order valence-corrected chi connectivity index (χ4v) is 2.67. The van der Waals surface area contributed by atoms with Gasteiger partial charge in [0.2, 0.25) is 0 Å². The third-order valence-corrected chi connectivity index (χ3v) is 3.81. The van der Waals surface area contributed by atoms with Crippen molar-refractivity contribution in [3.63, 3.8) is 0 Å². The van der Waals surface area contributed by atoms with E-state index in [0.717, 1.165) is 3.57 Å². The number of carbonyl (C=O) groups is 1. The van der Waals surface area contributed by atoms with Gasteiger partial charge in [-0.3, -0.25) is 4.79 Å². The summed E-state index contributed by atoms with van der Waals surface area (Å²) in [5.41, 5.74) is 1.03. The summed E-state index contributed by atoms with van der Waals surface area (Å²) in [7, 11) is 3.07. The number of hydrogen-bond acceptors (Lipinski definition) is 3. The van der Waals surface area contributed by atoms with E-state index in [4.69, 9.17) is 21.1 Å². The van der Waals surface area contributed by atoms with Crippen LogP contribution in [0.2, 0.25) is 5.02 Å². The van der Waals surface area contributed by atoms with Crippen LogP contribution in [0.15, 0.2) is 36.4 Å². The van der Waals surface area contributed by atoms with Gasteiger partial charge in [0.1, 0.15) is 0 Å². The topological polar surface area (TPSA) is 47.6 Å². The van der Waals surface area contributed by atoms with Gasteiger partial charge in [-0.15, -0.1) is 0 Å². The van der Waals surface area contributed by atoms with E-state index in [9.17, 15) is 4.79 Å². The summed E-state index contributed by atoms with van der Waals surface area (Å²) in [6, 6.07) is 10.4. The van der Waals surface area contributed by atoms with Gasteiger partial charge in [-0.05, 0) is 59.0 Å². The van der Waals surface area contributed by atoms with Crippen LogP contribution in [-0.2, 0) is 0 Å². The first-order chi connectivity index (χ1) is 10.0. The number of rotatable bonds is 4. The van der Waals surface area contributed by atoms with E-state index in [-0.39, 0.29) is 5.91 Å². The standard InChI is InChI=1S/C15H13ClINO3/c1-20-13-6-3-9(7-14(13)21-2)15(19)18-12-5-4-10(17)8-11(12)16/h3-8H,1-2H3,(H,18,19). The summed E-state index contributed by atoms with van der Waals surface area (Å²) >= 11 is 8.26. The van der Waals surface area contributed by atoms with Crippen LogP contribution in [0, 0.1) is 3.57 Å². The molecule has 110 valence electrons. The van der Waals surface area contributed by atoms with Crippen molar-refractivity contribution in [3.05, 3.63) is 50.6 Å². The predicted octanol–water partition coefficient (Wildman–Crippen LogP) is 4.21. The van der Waals surface area contributed by atoms with Crippen molar-refractivity contribution >= 4 is 45.8 Å². The highest BCUT2D eigenvalue weighted by molar-refractivity contribution is 14.1. The van der Waals surface area contributed by atoms with Crippen LogP contribution in [0.3, 0.4) is 0 Å². The van der Waals surface area contributed by atoms with Gasteiger partial charge in [-0.1, -0.05) is 11.6 Å². The fourth-order valence-electron chi connectivity index (χ4n) is 1.76. The number of benzene rings is 2. The summed E-state index contributed by atoms with van der Waals surface area (Å²) in [5, 5.41) is 3.27. The monoisotopic (exact) mass is 417 g/mol. The van der Waals surface area contributed by atoms with E-state index in [0.29, 0.717) is 27.8 Å². The number of nitrogens with one attached hydrogen (secondary N) is 1. The molecule has 1 amide bonds. The highest BCUT2D eigenvalue weighted by atomic mass is 127. The lowest BCUT2D eigenvalue weighted by molar-refractivity contribution is 0.102. The number of halogens is 2. The van der Waals surface area contributed by atoms with Gasteiger partial charge in [-0.2, -0.15) is 0 Å². The lowest BCUT2D eigenvalue weighted by atomic mass is 10.2. The number of ether oxygens (including phenoxy) is 2. The van der Waals surface area contributed by atoms with Crippen LogP contribution < -0.4 is 14.8 Å². The molecule has 0 unspecified atom stereocenters. The average molecular weight is 418 g/mol. The van der Waals surface area contributed by atoms with Crippen LogP contribution in [0.5, 0.6) is 11.5 Å². The molecule has 0 heterocycles. The maximum Gasteiger partial charge on any atom is 0.255 e. The molecule has 0 bridgehead atoms. The second kappa shape index (κ2) is 7.00. The summed E-state index contributed by atoms with van der Waals surface area (Å²) in [4.78, 5) is 12.3. The maximum atomic E-state index is 12.3. The molecule has 0 fully saturated rings. The SMILES string of the molecule is COc1ccc(C(=O)Nc2ccc(I)cc2Cl)cc1OC. The third kappa shape index (κ3) is 3.79. The molecule has 0 aliphatic rings. The molecule has 0 aromatic heterocycles. The van der Waals surface area contributed by atoms with Crippen LogP contribution in [0.25, 0.3) is 0 Å². The number of amides is 1. The highest BCUT2D eigenvalue weighted by Gasteiger charge is 2.12. The van der Waals surface area contributed by atoms with E-state index in [1.165, 1.54) is 7.11 Å². The van der Waals surface area contributed by atoms with E-state index < -0.39 is 0 Å². The molecular weight excluding hydrogens is 405 g/mol. The zero-order valence-corrected chi connectivity index (χ0v) is 14.4. The van der Waals surface area contributed by atoms with Gasteiger partial charge < -0.3 is 14.8 Å². The largest absolute Gasteiger partial charge is 0.493 e. The molecule has 0 saturated carbocycles. The van der Waals surface area contributed by atoms with E-state index in [1.807, 2.05) is 6.07 Å². The minimum atomic E-state index is -0.265. The fraction of sp³-hybridized carbons (Fsp3) is 0.133. The lowest BCUT2D eigenvalue weighted by Gasteiger charge is -2.11. The lowest BCUT2D eigenvalue weighted by Crippen LogP contribution is -2.12. The van der Waals surface area contributed by atoms with Crippen LogP contribution in [0.1, 0.15) is 10.4 Å². The van der Waals surface area contributed by atoms with Crippen molar-refractivity contribution in [2.45, 2.75) is 0 Å². The minimum absolute atomic E-state index is 0.265. The molecule has 0 spiro atoms. The summed E-state index contributed by atoms with van der Waals surface area (Å²) < 4.78 is 11.3. The Labute approximate surface area is 141 Å². The normalized spacial score (nSPS) is 10.1. The molecule has 0 aliphatic heterocycles. The van der Waals surface area contributed by atoms with Gasteiger partial charge in [0.05, 0.1) is 24.9 Å². The van der Waals surface area contributed by atoms with Gasteiger partial charge in [-0.25, -0.2) is 0 Å². The van der Waals surface area contributed by atoms with Gasteiger partial charge in [0.25, 0.3) is 5.91 Å². The molecular formula is C15H13ClINO3. The molecule has 2 aromatic carbocycles. The first kappa shape index (κ1) is 15.9. The Bertz CT molecular complexity index is 676. The maximum absolute atomic E-state index is 12.3. The Hall–Kier alpha value is -1.47. The van der Waals surface area contributed by atoms with E-state index in [2.05, 4.69) is 27.9 Å². The Kier molecular flexibility index (Phi) is 5.30. The second-order valence-corrected chi connectivity index (χ2v) is 5.80. The molecule has 0 aliphatic carbocycles. The Balaban J connectivity index is 2.24. The number of carbonyl (C=O) groups excluding carboxylic acids is 1. The molecule has 1 N–H and O–H groups in total. The predicted molar refractivity (Wildman–Crippen MR) is 91.7 cm³/mol. The number of hydrogen-bond donors (Lipinski definition) is 1. The molecule has 2 rings (SSSR count). The zero-order valence-electron chi connectivity index (χ0n) is 11.4. The summed E-state index contributed by atoms with van der Waals surface area (Å²) in [5.74, 6) is 0.805. The van der Waals surface area contributed by atoms with Gasteiger partial charge in [0.15, 0.2) is 11.5 Å². The van der Waals surface area contributed by atoms with Crippen LogP contribution in [0.4, 0.5) is 5.69 Å². The van der Waals surface area contributed by atoms with E-state index >= 15 is 0 Å². The Morgan fingerprint density at radius 1 is 1.10 bits per heavy atom. The van der Waals surface area contributed by atoms with Crippen LogP contribution in [-0.4, -0.2) is 20.1 Å². The molecule has 21 heavy (non-hydrogen) atoms. The van der Waals surface area contributed by atoms with Crippen molar-refractivity contribution in [2.75, 3.05) is 19.5 Å². The molecule has 0 atom stereocenters. The Morgan fingerprint density at radius 2 is 1.81 bits per heavy atom. The first-order valence-electron chi connectivity index (χ1n) is 6.03. The molecule has 0 radical (unpaired) electrons. The van der Waals surface area contributed by atoms with Crippen molar-refractivity contribution in [1.29, 1.82) is 0 Å². The third-order valence-electron chi connectivity index (χ3n) is 2.83. The van der Waals surface area contributed by atoms with Crippen LogP contribution >= 0.6 is 34.2 Å². The molecule has 6 heteroatoms. The minimum Gasteiger partial charge on any atom is -0.493 e. The smallest absolute Gasteiger partial charge is 0.255 e. The molecule has 4 nitrogen and oxygen atoms in total. The van der Waals surface area contributed by atoms with Crippen molar-refractivity contribution in [2.24, 2.45) is 0 Å². The Morgan fingerprint density at radius 3 is 2.43 bits per heavy atom. The second-order valence-electron chi connectivity index (χ2n) is 4.15. The summed E-state index contributed by atoms with van der Waals surface area (Å²) in [6.45, 7) is 0. The van der Waals surface area contributed by atoms with Crippen molar-refractivity contribution in [3.8, 4) is 11.5 Å². The van der Waals surface area contributed by atoms with Gasteiger partial charge >= 0.3 is 0 Å². The first-order valence-corrected chi connectivity index (χ1v) is 7.49. The summed E-state index contributed by atoms with van der Waals surface area (Å²) in [6.07, 6.45) is 0.